The maximum atomic E-state index is 12.5. The average molecular weight is 274 g/mol. The van der Waals surface area contributed by atoms with Gasteiger partial charge in [0.15, 0.2) is 0 Å². The Hall–Kier alpha value is -0.130. The summed E-state index contributed by atoms with van der Waals surface area (Å²) < 4.78 is 26.8. The summed E-state index contributed by atoms with van der Waals surface area (Å²) in [4.78, 5) is 0. The van der Waals surface area contributed by atoms with Crippen LogP contribution in [0.5, 0.6) is 0 Å². The van der Waals surface area contributed by atoms with Crippen LogP contribution in [0, 0.1) is 5.92 Å². The highest BCUT2D eigenvalue weighted by molar-refractivity contribution is 7.89. The van der Waals surface area contributed by atoms with Crippen molar-refractivity contribution in [3.8, 4) is 0 Å². The molecule has 0 spiro atoms. The summed E-state index contributed by atoms with van der Waals surface area (Å²) in [5.41, 5.74) is 0. The molecule has 106 valence electrons. The summed E-state index contributed by atoms with van der Waals surface area (Å²) in [5, 5.41) is 3.29. The minimum Gasteiger partial charge on any atom is -0.317 e. The topological polar surface area (TPSA) is 49.4 Å². The number of nitrogens with one attached hydrogen (secondary N) is 1. The second-order valence-electron chi connectivity index (χ2n) is 5.67. The SMILES string of the molecule is CCCCN(C1CC1)S(=O)(=O)CC1CCNCC1. The Bertz CT molecular complexity index is 346. The summed E-state index contributed by atoms with van der Waals surface area (Å²) in [7, 11) is -3.03. The highest BCUT2D eigenvalue weighted by Gasteiger charge is 2.37. The minimum atomic E-state index is -3.03. The highest BCUT2D eigenvalue weighted by Crippen LogP contribution is 2.31. The molecule has 1 saturated carbocycles. The molecule has 5 heteroatoms. The predicted molar refractivity (Wildman–Crippen MR) is 74.0 cm³/mol. The molecule has 0 aromatic heterocycles. The molecule has 0 radical (unpaired) electrons. The first-order valence-corrected chi connectivity index (χ1v) is 8.94. The highest BCUT2D eigenvalue weighted by atomic mass is 32.2. The van der Waals surface area contributed by atoms with Gasteiger partial charge in [-0.25, -0.2) is 8.42 Å². The lowest BCUT2D eigenvalue weighted by Crippen LogP contribution is -2.40. The number of nitrogens with zero attached hydrogens (tertiary/aromatic N) is 1. The van der Waals surface area contributed by atoms with Crippen LogP contribution >= 0.6 is 0 Å². The lowest BCUT2D eigenvalue weighted by molar-refractivity contribution is 0.367. The number of hydrogen-bond donors (Lipinski definition) is 1. The molecule has 18 heavy (non-hydrogen) atoms. The first kappa shape index (κ1) is 14.3. The van der Waals surface area contributed by atoms with Gasteiger partial charge in [-0.15, -0.1) is 0 Å². The van der Waals surface area contributed by atoms with Crippen LogP contribution in [0.15, 0.2) is 0 Å². The molecule has 0 amide bonds. The smallest absolute Gasteiger partial charge is 0.214 e. The Morgan fingerprint density at radius 1 is 1.17 bits per heavy atom. The third kappa shape index (κ3) is 3.93. The summed E-state index contributed by atoms with van der Waals surface area (Å²) in [6.07, 6.45) is 6.19. The van der Waals surface area contributed by atoms with Crippen LogP contribution in [-0.2, 0) is 10.0 Å². The van der Waals surface area contributed by atoms with E-state index in [2.05, 4.69) is 12.2 Å². The molecule has 0 aromatic rings. The van der Waals surface area contributed by atoms with Crippen molar-refractivity contribution in [2.24, 2.45) is 5.92 Å². The summed E-state index contributed by atoms with van der Waals surface area (Å²) in [5.74, 6) is 0.730. The Balaban J connectivity index is 1.93. The fourth-order valence-corrected chi connectivity index (χ4v) is 4.86. The zero-order chi connectivity index (χ0) is 13.0. The number of rotatable bonds is 7. The summed E-state index contributed by atoms with van der Waals surface area (Å²) >= 11 is 0. The molecule has 2 aliphatic rings. The van der Waals surface area contributed by atoms with Crippen molar-refractivity contribution in [1.29, 1.82) is 0 Å². The van der Waals surface area contributed by atoms with Gasteiger partial charge in [0.1, 0.15) is 0 Å². The first-order valence-electron chi connectivity index (χ1n) is 7.33. The van der Waals surface area contributed by atoms with Crippen molar-refractivity contribution in [2.45, 2.75) is 51.5 Å². The van der Waals surface area contributed by atoms with Crippen LogP contribution in [0.3, 0.4) is 0 Å². The monoisotopic (exact) mass is 274 g/mol. The van der Waals surface area contributed by atoms with Crippen molar-refractivity contribution in [3.05, 3.63) is 0 Å². The molecule has 1 heterocycles. The molecule has 1 saturated heterocycles. The normalized spacial score (nSPS) is 22.6. The van der Waals surface area contributed by atoms with Crippen LogP contribution in [0.1, 0.15) is 45.4 Å². The number of sulfonamides is 1. The Kier molecular flexibility index (Phi) is 5.04. The Morgan fingerprint density at radius 2 is 1.83 bits per heavy atom. The van der Waals surface area contributed by atoms with Crippen LogP contribution in [0.4, 0.5) is 0 Å². The first-order chi connectivity index (χ1) is 8.63. The zero-order valence-corrected chi connectivity index (χ0v) is 12.2. The third-order valence-electron chi connectivity index (χ3n) is 3.95. The van der Waals surface area contributed by atoms with Gasteiger partial charge in [0.05, 0.1) is 5.75 Å². The van der Waals surface area contributed by atoms with Gasteiger partial charge >= 0.3 is 0 Å². The van der Waals surface area contributed by atoms with Crippen molar-refractivity contribution in [1.82, 2.24) is 9.62 Å². The Labute approximate surface area is 111 Å². The quantitative estimate of drug-likeness (QED) is 0.767. The van der Waals surface area contributed by atoms with Gasteiger partial charge in [0, 0.05) is 12.6 Å². The van der Waals surface area contributed by atoms with Gasteiger partial charge in [0.2, 0.25) is 10.0 Å². The molecule has 0 atom stereocenters. The number of hydrogen-bond acceptors (Lipinski definition) is 3. The van der Waals surface area contributed by atoms with E-state index in [1.54, 1.807) is 4.31 Å². The van der Waals surface area contributed by atoms with E-state index >= 15 is 0 Å². The summed E-state index contributed by atoms with van der Waals surface area (Å²) in [6, 6.07) is 0.322. The van der Waals surface area contributed by atoms with Crippen molar-refractivity contribution < 1.29 is 8.42 Å². The van der Waals surface area contributed by atoms with Crippen LogP contribution in [0.25, 0.3) is 0 Å². The van der Waals surface area contributed by atoms with Crippen LogP contribution in [0.2, 0.25) is 0 Å². The molecular weight excluding hydrogens is 248 g/mol. The van der Waals surface area contributed by atoms with Crippen LogP contribution < -0.4 is 5.32 Å². The fraction of sp³-hybridized carbons (Fsp3) is 1.00. The standard InChI is InChI=1S/C13H26N2O2S/c1-2-3-10-15(13-4-5-13)18(16,17)11-12-6-8-14-9-7-12/h12-14H,2-11H2,1H3. The van der Waals surface area contributed by atoms with E-state index in [1.165, 1.54) is 0 Å². The van der Waals surface area contributed by atoms with E-state index in [1.807, 2.05) is 0 Å². The molecule has 1 aliphatic carbocycles. The molecule has 4 nitrogen and oxygen atoms in total. The Morgan fingerprint density at radius 3 is 2.39 bits per heavy atom. The van der Waals surface area contributed by atoms with E-state index in [0.717, 1.165) is 58.2 Å². The predicted octanol–water partition coefficient (Wildman–Crippen LogP) is 1.58. The second kappa shape index (κ2) is 6.35. The zero-order valence-electron chi connectivity index (χ0n) is 11.4. The maximum absolute atomic E-state index is 12.5. The molecule has 2 fully saturated rings. The van der Waals surface area contributed by atoms with Crippen molar-refractivity contribution >= 4 is 10.0 Å². The van der Waals surface area contributed by atoms with E-state index in [4.69, 9.17) is 0 Å². The summed E-state index contributed by atoms with van der Waals surface area (Å²) in [6.45, 7) is 4.79. The number of piperidine rings is 1. The van der Waals surface area contributed by atoms with Gasteiger partial charge < -0.3 is 5.32 Å². The maximum Gasteiger partial charge on any atom is 0.214 e. The lowest BCUT2D eigenvalue weighted by atomic mass is 10.0. The number of unbranched alkanes of at least 4 members (excludes halogenated alkanes) is 1. The molecule has 1 N–H and O–H groups in total. The van der Waals surface area contributed by atoms with Gasteiger partial charge in [-0.2, -0.15) is 4.31 Å². The minimum absolute atomic E-state index is 0.322. The fourth-order valence-electron chi connectivity index (χ4n) is 2.67. The average Bonchev–Trinajstić information content (AvgIpc) is 3.14. The second-order valence-corrected chi connectivity index (χ2v) is 7.63. The molecule has 1 aliphatic heterocycles. The van der Waals surface area contributed by atoms with E-state index in [0.29, 0.717) is 17.7 Å². The van der Waals surface area contributed by atoms with E-state index < -0.39 is 10.0 Å². The van der Waals surface area contributed by atoms with E-state index in [-0.39, 0.29) is 0 Å². The molecule has 2 rings (SSSR count). The van der Waals surface area contributed by atoms with Gasteiger partial charge in [-0.05, 0) is 51.1 Å². The van der Waals surface area contributed by atoms with Gasteiger partial charge in [0.25, 0.3) is 0 Å². The van der Waals surface area contributed by atoms with Crippen LogP contribution in [-0.4, -0.2) is 44.2 Å². The largest absolute Gasteiger partial charge is 0.317 e. The van der Waals surface area contributed by atoms with E-state index in [9.17, 15) is 8.42 Å². The van der Waals surface area contributed by atoms with Crippen molar-refractivity contribution in [3.63, 3.8) is 0 Å². The molecule has 0 unspecified atom stereocenters. The van der Waals surface area contributed by atoms with Crippen molar-refractivity contribution in [2.75, 3.05) is 25.4 Å². The molecule has 0 bridgehead atoms. The third-order valence-corrected chi connectivity index (χ3v) is 6.04. The molecular formula is C13H26N2O2S. The van der Waals surface area contributed by atoms with Gasteiger partial charge in [-0.1, -0.05) is 13.3 Å². The van der Waals surface area contributed by atoms with Gasteiger partial charge in [-0.3, -0.25) is 0 Å². The lowest BCUT2D eigenvalue weighted by Gasteiger charge is -2.27. The molecule has 0 aromatic carbocycles.